The predicted octanol–water partition coefficient (Wildman–Crippen LogP) is 5.68. The van der Waals surface area contributed by atoms with Gasteiger partial charge in [0.15, 0.2) is 0 Å². The van der Waals surface area contributed by atoms with Crippen LogP contribution in [0.1, 0.15) is 42.2 Å². The zero-order valence-electron chi connectivity index (χ0n) is 12.0. The minimum absolute atomic E-state index is 0.0732. The third-order valence-electron chi connectivity index (χ3n) is 4.28. The van der Waals surface area contributed by atoms with Gasteiger partial charge in [0.05, 0.1) is 11.7 Å². The molecule has 21 heavy (non-hydrogen) atoms. The van der Waals surface area contributed by atoms with E-state index in [2.05, 4.69) is 11.4 Å². The van der Waals surface area contributed by atoms with Crippen LogP contribution in [-0.4, -0.2) is 0 Å². The van der Waals surface area contributed by atoms with E-state index in [1.807, 2.05) is 11.4 Å². The summed E-state index contributed by atoms with van der Waals surface area (Å²) < 4.78 is 27.8. The first-order chi connectivity index (χ1) is 10.1. The normalized spacial score (nSPS) is 17.1. The third kappa shape index (κ3) is 3.10. The minimum atomic E-state index is -0.381. The van der Waals surface area contributed by atoms with E-state index in [9.17, 15) is 8.78 Å². The average Bonchev–Trinajstić information content (AvgIpc) is 3.14. The summed E-state index contributed by atoms with van der Waals surface area (Å²) in [6, 6.07) is 6.70. The molecule has 0 saturated heterocycles. The van der Waals surface area contributed by atoms with Gasteiger partial charge in [0.25, 0.3) is 0 Å². The number of hydrogen-bond donors (Lipinski definition) is 1. The van der Waals surface area contributed by atoms with E-state index in [0.717, 1.165) is 12.8 Å². The highest BCUT2D eigenvalue weighted by molar-refractivity contribution is 7.10. The van der Waals surface area contributed by atoms with E-state index in [0.29, 0.717) is 11.5 Å². The lowest BCUT2D eigenvalue weighted by molar-refractivity contribution is 0.472. The molecule has 4 heteroatoms. The summed E-state index contributed by atoms with van der Waals surface area (Å²) in [4.78, 5) is 1.20. The maximum atomic E-state index is 14.1. The molecule has 0 spiro atoms. The number of rotatable bonds is 4. The SMILES string of the molecule is Cc1cc(F)c(NC(c2cccs2)C2CCCC2)cc1F. The highest BCUT2D eigenvalue weighted by Crippen LogP contribution is 2.40. The van der Waals surface area contributed by atoms with Crippen LogP contribution in [0.2, 0.25) is 0 Å². The highest BCUT2D eigenvalue weighted by atomic mass is 32.1. The Bertz CT molecular complexity index is 604. The lowest BCUT2D eigenvalue weighted by Gasteiger charge is -2.25. The van der Waals surface area contributed by atoms with Crippen LogP contribution in [0.4, 0.5) is 14.5 Å². The topological polar surface area (TPSA) is 12.0 Å². The Morgan fingerprint density at radius 2 is 1.95 bits per heavy atom. The van der Waals surface area contributed by atoms with Crippen molar-refractivity contribution in [2.45, 2.75) is 38.6 Å². The van der Waals surface area contributed by atoms with E-state index >= 15 is 0 Å². The number of hydrogen-bond acceptors (Lipinski definition) is 2. The average molecular weight is 307 g/mol. The van der Waals surface area contributed by atoms with Crippen LogP contribution in [0.5, 0.6) is 0 Å². The zero-order chi connectivity index (χ0) is 14.8. The summed E-state index contributed by atoms with van der Waals surface area (Å²) in [6.45, 7) is 1.58. The van der Waals surface area contributed by atoms with Gasteiger partial charge in [-0.05, 0) is 48.8 Å². The van der Waals surface area contributed by atoms with Gasteiger partial charge in [-0.3, -0.25) is 0 Å². The van der Waals surface area contributed by atoms with Crippen LogP contribution < -0.4 is 5.32 Å². The van der Waals surface area contributed by atoms with Crippen molar-refractivity contribution in [1.82, 2.24) is 0 Å². The molecule has 1 unspecified atom stereocenters. The van der Waals surface area contributed by atoms with Crippen molar-refractivity contribution < 1.29 is 8.78 Å². The van der Waals surface area contributed by atoms with Gasteiger partial charge in [-0.1, -0.05) is 18.9 Å². The largest absolute Gasteiger partial charge is 0.375 e. The molecular formula is C17H19F2NS. The minimum Gasteiger partial charge on any atom is -0.375 e. The molecule has 1 nitrogen and oxygen atoms in total. The molecular weight excluding hydrogens is 288 g/mol. The summed E-state index contributed by atoms with van der Waals surface area (Å²) in [5, 5.41) is 5.29. The fourth-order valence-electron chi connectivity index (χ4n) is 3.10. The molecule has 0 amide bonds. The van der Waals surface area contributed by atoms with Crippen LogP contribution in [0.25, 0.3) is 0 Å². The monoisotopic (exact) mass is 307 g/mol. The van der Waals surface area contributed by atoms with E-state index in [1.54, 1.807) is 18.3 Å². The third-order valence-corrected chi connectivity index (χ3v) is 5.24. The molecule has 1 aliphatic carbocycles. The standard InChI is InChI=1S/C17H19F2NS/c1-11-9-14(19)15(10-13(11)18)20-17(12-5-2-3-6-12)16-7-4-8-21-16/h4,7-10,12,17,20H,2-3,5-6H2,1H3. The molecule has 112 valence electrons. The summed E-state index contributed by atoms with van der Waals surface area (Å²) in [5.74, 6) is -0.254. The first-order valence-electron chi connectivity index (χ1n) is 7.41. The Hall–Kier alpha value is -1.42. The smallest absolute Gasteiger partial charge is 0.146 e. The maximum Gasteiger partial charge on any atom is 0.146 e. The van der Waals surface area contributed by atoms with Crippen LogP contribution in [0.15, 0.2) is 29.6 Å². The number of anilines is 1. The van der Waals surface area contributed by atoms with E-state index in [4.69, 9.17) is 0 Å². The molecule has 0 radical (unpaired) electrons. The zero-order valence-corrected chi connectivity index (χ0v) is 12.9. The fourth-order valence-corrected chi connectivity index (χ4v) is 3.97. The summed E-state index contributed by atoms with van der Waals surface area (Å²) in [6.07, 6.45) is 4.73. The van der Waals surface area contributed by atoms with Gasteiger partial charge in [0.2, 0.25) is 0 Å². The lowest BCUT2D eigenvalue weighted by Crippen LogP contribution is -2.19. The molecule has 1 atom stereocenters. The Morgan fingerprint density at radius 1 is 1.19 bits per heavy atom. The number of benzene rings is 1. The lowest BCUT2D eigenvalue weighted by atomic mass is 9.96. The van der Waals surface area contributed by atoms with Crippen molar-refractivity contribution in [1.29, 1.82) is 0 Å². The van der Waals surface area contributed by atoms with Crippen molar-refractivity contribution in [3.8, 4) is 0 Å². The first-order valence-corrected chi connectivity index (χ1v) is 8.28. The first kappa shape index (κ1) is 14.5. The highest BCUT2D eigenvalue weighted by Gasteiger charge is 2.27. The molecule has 0 aliphatic heterocycles. The van der Waals surface area contributed by atoms with E-state index in [-0.39, 0.29) is 23.4 Å². The molecule has 0 bridgehead atoms. The second-order valence-electron chi connectivity index (χ2n) is 5.76. The summed E-state index contributed by atoms with van der Waals surface area (Å²) in [5.41, 5.74) is 0.606. The Morgan fingerprint density at radius 3 is 2.62 bits per heavy atom. The maximum absolute atomic E-state index is 14.1. The number of thiophene rings is 1. The van der Waals surface area contributed by atoms with Gasteiger partial charge in [0.1, 0.15) is 11.6 Å². The quantitative estimate of drug-likeness (QED) is 0.766. The van der Waals surface area contributed by atoms with Crippen LogP contribution in [0, 0.1) is 24.5 Å². The molecule has 1 saturated carbocycles. The molecule has 1 heterocycles. The number of aryl methyl sites for hydroxylation is 1. The van der Waals surface area contributed by atoms with Gasteiger partial charge >= 0.3 is 0 Å². The van der Waals surface area contributed by atoms with Gasteiger partial charge < -0.3 is 5.32 Å². The van der Waals surface area contributed by atoms with Crippen molar-refractivity contribution >= 4 is 17.0 Å². The molecule has 3 rings (SSSR count). The van der Waals surface area contributed by atoms with Gasteiger partial charge in [0, 0.05) is 10.9 Å². The molecule has 1 fully saturated rings. The fraction of sp³-hybridized carbons (Fsp3) is 0.412. The number of halogens is 2. The number of nitrogens with one attached hydrogen (secondary N) is 1. The van der Waals surface area contributed by atoms with Gasteiger partial charge in [-0.25, -0.2) is 8.78 Å². The molecule has 1 aliphatic rings. The second-order valence-corrected chi connectivity index (χ2v) is 6.74. The van der Waals surface area contributed by atoms with Crippen molar-refractivity contribution in [3.05, 3.63) is 51.7 Å². The molecule has 1 aromatic heterocycles. The molecule has 2 aromatic rings. The van der Waals surface area contributed by atoms with Crippen LogP contribution in [0.3, 0.4) is 0 Å². The molecule has 1 aromatic carbocycles. The Labute approximate surface area is 128 Å². The van der Waals surface area contributed by atoms with Crippen molar-refractivity contribution in [3.63, 3.8) is 0 Å². The second kappa shape index (κ2) is 6.14. The van der Waals surface area contributed by atoms with Crippen molar-refractivity contribution in [2.75, 3.05) is 5.32 Å². The Balaban J connectivity index is 1.89. The van der Waals surface area contributed by atoms with E-state index in [1.165, 1.54) is 29.9 Å². The Kier molecular flexibility index (Phi) is 4.24. The van der Waals surface area contributed by atoms with E-state index < -0.39 is 0 Å². The summed E-state index contributed by atoms with van der Waals surface area (Å²) in [7, 11) is 0. The molecule has 1 N–H and O–H groups in total. The van der Waals surface area contributed by atoms with Crippen LogP contribution >= 0.6 is 11.3 Å². The van der Waals surface area contributed by atoms with Gasteiger partial charge in [-0.15, -0.1) is 11.3 Å². The van der Waals surface area contributed by atoms with Crippen molar-refractivity contribution in [2.24, 2.45) is 5.92 Å². The summed E-state index contributed by atoms with van der Waals surface area (Å²) >= 11 is 1.67. The van der Waals surface area contributed by atoms with Crippen LogP contribution in [-0.2, 0) is 0 Å². The van der Waals surface area contributed by atoms with Gasteiger partial charge in [-0.2, -0.15) is 0 Å². The predicted molar refractivity (Wildman–Crippen MR) is 83.7 cm³/mol.